The number of piperidine rings is 2. The minimum absolute atomic E-state index is 0.0110. The minimum atomic E-state index is -5.75. The second-order valence-corrected chi connectivity index (χ2v) is 11.0. The van der Waals surface area contributed by atoms with Gasteiger partial charge >= 0.3 is 24.4 Å². The fraction of sp³-hybridized carbons (Fsp3) is 0.680. The lowest BCUT2D eigenvalue weighted by atomic mass is 9.84. The molecule has 0 bridgehead atoms. The summed E-state index contributed by atoms with van der Waals surface area (Å²) >= 11 is 4.48. The highest BCUT2D eigenvalue weighted by molar-refractivity contribution is 7.80. The zero-order valence-corrected chi connectivity index (χ0v) is 22.0. The van der Waals surface area contributed by atoms with Gasteiger partial charge in [0.25, 0.3) is 6.10 Å². The Balaban J connectivity index is 1.42. The van der Waals surface area contributed by atoms with Gasteiger partial charge in [-0.1, -0.05) is 6.07 Å². The molecule has 0 atom stereocenters. The normalized spacial score (nSPS) is 21.1. The standard InChI is InChI=1S/C25H31F6N3O4S/c26-24(27,28)21(25(29,30)31)38-22(37)33-12-7-23(8-13-33)6-1-9-34(23)15-17-2-3-18(39)14-19(17)32-10-4-16(5-11-32)20(35)36/h2-3,14,16,21,39H,1,4-13,15H2,(H,35,36). The van der Waals surface area contributed by atoms with Gasteiger partial charge in [-0.2, -0.15) is 26.3 Å². The van der Waals surface area contributed by atoms with Gasteiger partial charge in [0.15, 0.2) is 0 Å². The van der Waals surface area contributed by atoms with E-state index in [1.165, 1.54) is 0 Å². The third-order valence-electron chi connectivity index (χ3n) is 8.12. The summed E-state index contributed by atoms with van der Waals surface area (Å²) in [4.78, 5) is 29.7. The number of hydrogen-bond acceptors (Lipinski definition) is 6. The first-order valence-electron chi connectivity index (χ1n) is 12.8. The molecule has 0 unspecified atom stereocenters. The number of carboxylic acids is 1. The van der Waals surface area contributed by atoms with Gasteiger partial charge in [-0.15, -0.1) is 12.6 Å². The Hall–Kier alpha value is -2.35. The Labute approximate surface area is 227 Å². The van der Waals surface area contributed by atoms with Crippen LogP contribution in [0.3, 0.4) is 0 Å². The van der Waals surface area contributed by atoms with Gasteiger partial charge < -0.3 is 19.6 Å². The first-order valence-corrected chi connectivity index (χ1v) is 13.3. The van der Waals surface area contributed by atoms with E-state index in [2.05, 4.69) is 27.2 Å². The Morgan fingerprint density at radius 1 is 1.00 bits per heavy atom. The van der Waals surface area contributed by atoms with Crippen LogP contribution in [0.2, 0.25) is 0 Å². The molecule has 3 fully saturated rings. The maximum Gasteiger partial charge on any atom is 0.434 e. The van der Waals surface area contributed by atoms with Crippen molar-refractivity contribution >= 4 is 30.4 Å². The smallest absolute Gasteiger partial charge is 0.434 e. The number of halogens is 6. The predicted octanol–water partition coefficient (Wildman–Crippen LogP) is 5.34. The number of rotatable bonds is 5. The average molecular weight is 584 g/mol. The highest BCUT2D eigenvalue weighted by atomic mass is 32.1. The highest BCUT2D eigenvalue weighted by Crippen LogP contribution is 2.42. The number of amides is 1. The monoisotopic (exact) mass is 583 g/mol. The van der Waals surface area contributed by atoms with Gasteiger partial charge in [0, 0.05) is 48.8 Å². The van der Waals surface area contributed by atoms with E-state index < -0.39 is 30.5 Å². The predicted molar refractivity (Wildman–Crippen MR) is 132 cm³/mol. The summed E-state index contributed by atoms with van der Waals surface area (Å²) in [6.07, 6.45) is -13.7. The van der Waals surface area contributed by atoms with Crippen molar-refractivity contribution in [1.29, 1.82) is 0 Å². The lowest BCUT2D eigenvalue weighted by molar-refractivity contribution is -0.308. The number of ether oxygens (including phenoxy) is 1. The quantitative estimate of drug-likeness (QED) is 0.361. The maximum atomic E-state index is 12.8. The number of carbonyl (C=O) groups excluding carboxylic acids is 1. The van der Waals surface area contributed by atoms with E-state index in [4.69, 9.17) is 0 Å². The number of carboxylic acid groups (broad SMARTS) is 1. The third kappa shape index (κ3) is 6.69. The van der Waals surface area contributed by atoms with E-state index in [1.54, 1.807) is 0 Å². The first-order chi connectivity index (χ1) is 18.2. The van der Waals surface area contributed by atoms with E-state index in [-0.39, 0.29) is 24.5 Å². The van der Waals surface area contributed by atoms with E-state index >= 15 is 0 Å². The molecule has 0 saturated carbocycles. The Bertz CT molecular complexity index is 1040. The summed E-state index contributed by atoms with van der Waals surface area (Å²) in [5.41, 5.74) is 1.67. The van der Waals surface area contributed by atoms with Crippen LogP contribution >= 0.6 is 12.6 Å². The van der Waals surface area contributed by atoms with E-state index in [9.17, 15) is 41.0 Å². The Kier molecular flexibility index (Phi) is 8.56. The van der Waals surface area contributed by atoms with Crippen LogP contribution in [0.25, 0.3) is 0 Å². The molecule has 1 spiro atoms. The van der Waals surface area contributed by atoms with Gasteiger partial charge in [0.1, 0.15) is 0 Å². The van der Waals surface area contributed by atoms with Crippen LogP contribution in [0, 0.1) is 5.92 Å². The SMILES string of the molecule is O=C(O)C1CCN(c2cc(S)ccc2CN2CCCC23CCN(C(=O)OC(C(F)(F)F)C(F)(F)F)CC3)CC1. The lowest BCUT2D eigenvalue weighted by Gasteiger charge is -2.45. The molecule has 1 N–H and O–H groups in total. The van der Waals surface area contributed by atoms with Crippen LogP contribution in [0.5, 0.6) is 0 Å². The van der Waals surface area contributed by atoms with Crippen molar-refractivity contribution in [3.05, 3.63) is 23.8 Å². The van der Waals surface area contributed by atoms with Crippen molar-refractivity contribution in [3.63, 3.8) is 0 Å². The molecule has 39 heavy (non-hydrogen) atoms. The number of anilines is 1. The zero-order valence-electron chi connectivity index (χ0n) is 21.1. The summed E-state index contributed by atoms with van der Waals surface area (Å²) in [5.74, 6) is -1.16. The van der Waals surface area contributed by atoms with Crippen molar-refractivity contribution in [2.24, 2.45) is 5.92 Å². The average Bonchev–Trinajstić information content (AvgIpc) is 3.23. The number of benzene rings is 1. The summed E-state index contributed by atoms with van der Waals surface area (Å²) in [7, 11) is 0. The second kappa shape index (κ2) is 11.3. The van der Waals surface area contributed by atoms with Crippen molar-refractivity contribution in [3.8, 4) is 0 Å². The minimum Gasteiger partial charge on any atom is -0.481 e. The summed E-state index contributed by atoms with van der Waals surface area (Å²) < 4.78 is 80.9. The molecular weight excluding hydrogens is 552 g/mol. The van der Waals surface area contributed by atoms with Crippen LogP contribution in [0.15, 0.2) is 23.1 Å². The molecule has 3 heterocycles. The molecule has 7 nitrogen and oxygen atoms in total. The van der Waals surface area contributed by atoms with Crippen LogP contribution in [-0.2, 0) is 16.1 Å². The second-order valence-electron chi connectivity index (χ2n) is 10.5. The molecule has 3 aliphatic rings. The van der Waals surface area contributed by atoms with Crippen molar-refractivity contribution in [2.45, 2.75) is 74.0 Å². The molecule has 1 aromatic carbocycles. The highest BCUT2D eigenvalue weighted by Gasteiger charge is 2.60. The molecule has 3 saturated heterocycles. The van der Waals surface area contributed by atoms with Crippen molar-refractivity contribution in [2.75, 3.05) is 37.6 Å². The topological polar surface area (TPSA) is 73.3 Å². The number of alkyl halides is 6. The third-order valence-corrected chi connectivity index (χ3v) is 8.40. The van der Waals surface area contributed by atoms with Gasteiger partial charge in [-0.05, 0) is 62.8 Å². The lowest BCUT2D eigenvalue weighted by Crippen LogP contribution is -2.54. The van der Waals surface area contributed by atoms with Crippen LogP contribution < -0.4 is 4.90 Å². The van der Waals surface area contributed by atoms with Gasteiger partial charge in [-0.25, -0.2) is 4.79 Å². The van der Waals surface area contributed by atoms with Crippen molar-refractivity contribution < 1.29 is 45.8 Å². The zero-order chi connectivity index (χ0) is 28.6. The van der Waals surface area contributed by atoms with E-state index in [0.717, 1.165) is 40.4 Å². The molecule has 0 aromatic heterocycles. The molecular formula is C25H31F6N3O4S. The van der Waals surface area contributed by atoms with E-state index in [1.807, 2.05) is 18.2 Å². The van der Waals surface area contributed by atoms with Gasteiger partial charge in [0.2, 0.25) is 0 Å². The Morgan fingerprint density at radius 2 is 1.62 bits per heavy atom. The van der Waals surface area contributed by atoms with Gasteiger partial charge in [-0.3, -0.25) is 9.69 Å². The Morgan fingerprint density at radius 3 is 2.18 bits per heavy atom. The fourth-order valence-corrected chi connectivity index (χ4v) is 6.16. The van der Waals surface area contributed by atoms with Crippen LogP contribution in [0.4, 0.5) is 36.8 Å². The molecule has 3 aliphatic heterocycles. The molecule has 14 heteroatoms. The molecule has 0 aliphatic carbocycles. The molecule has 0 radical (unpaired) electrons. The van der Waals surface area contributed by atoms with Gasteiger partial charge in [0.05, 0.1) is 5.92 Å². The molecule has 1 amide bonds. The largest absolute Gasteiger partial charge is 0.481 e. The number of aliphatic carboxylic acids is 1. The number of carbonyl (C=O) groups is 2. The molecule has 4 rings (SSSR count). The maximum absolute atomic E-state index is 12.8. The number of likely N-dealkylation sites (tertiary alicyclic amines) is 2. The fourth-order valence-electron chi connectivity index (χ4n) is 5.96. The van der Waals surface area contributed by atoms with Crippen molar-refractivity contribution in [1.82, 2.24) is 9.80 Å². The van der Waals surface area contributed by atoms with Crippen LogP contribution in [0.1, 0.15) is 44.1 Å². The summed E-state index contributed by atoms with van der Waals surface area (Å²) in [6, 6.07) is 5.82. The van der Waals surface area contributed by atoms with Crippen LogP contribution in [-0.4, -0.2) is 83.7 Å². The molecule has 1 aromatic rings. The van der Waals surface area contributed by atoms with E-state index in [0.29, 0.717) is 45.3 Å². The molecule has 218 valence electrons. The first kappa shape index (κ1) is 29.6. The number of nitrogens with zero attached hydrogens (tertiary/aromatic N) is 3. The summed E-state index contributed by atoms with van der Waals surface area (Å²) in [5, 5.41) is 9.32. The summed E-state index contributed by atoms with van der Waals surface area (Å²) in [6.45, 7) is 2.50. The number of thiol groups is 1. The number of hydrogen-bond donors (Lipinski definition) is 2.